The number of aromatic nitrogens is 2. The molecule has 0 aliphatic carbocycles. The van der Waals surface area contributed by atoms with Gasteiger partial charge in [0.2, 0.25) is 0 Å². The van der Waals surface area contributed by atoms with E-state index >= 15 is 0 Å². The van der Waals surface area contributed by atoms with E-state index in [0.717, 1.165) is 23.3 Å². The van der Waals surface area contributed by atoms with Gasteiger partial charge < -0.3 is 5.32 Å². The van der Waals surface area contributed by atoms with Crippen LogP contribution in [-0.4, -0.2) is 15.3 Å². The van der Waals surface area contributed by atoms with Gasteiger partial charge in [-0.1, -0.05) is 55.0 Å². The summed E-state index contributed by atoms with van der Waals surface area (Å²) in [5.74, 6) is 0.538. The van der Waals surface area contributed by atoms with Crippen LogP contribution in [0.4, 0.5) is 5.82 Å². The topological polar surface area (TPSA) is 46.4 Å². The van der Waals surface area contributed by atoms with Gasteiger partial charge in [-0.25, -0.2) is 4.98 Å². The second-order valence-corrected chi connectivity index (χ2v) is 6.61. The van der Waals surface area contributed by atoms with Crippen LogP contribution in [0.15, 0.2) is 72.9 Å². The first-order valence-corrected chi connectivity index (χ1v) is 9.10. The molecule has 0 atom stereocenters. The van der Waals surface area contributed by atoms with Crippen LogP contribution in [0.1, 0.15) is 28.4 Å². The summed E-state index contributed by atoms with van der Waals surface area (Å²) in [7, 11) is 0. The van der Waals surface area contributed by atoms with Gasteiger partial charge >= 0.3 is 0 Å². The van der Waals surface area contributed by atoms with E-state index in [1.165, 1.54) is 11.1 Å². The summed E-state index contributed by atoms with van der Waals surface area (Å²) in [5, 5.41) is 3.06. The highest BCUT2D eigenvalue weighted by Gasteiger charge is 2.17. The van der Waals surface area contributed by atoms with Crippen molar-refractivity contribution in [2.75, 3.05) is 5.32 Å². The fourth-order valence-electron chi connectivity index (χ4n) is 3.10. The zero-order valence-electron chi connectivity index (χ0n) is 15.4. The van der Waals surface area contributed by atoms with Crippen molar-refractivity contribution in [1.82, 2.24) is 9.38 Å². The Labute approximate surface area is 158 Å². The number of imidazole rings is 1. The number of fused-ring (bicyclic) bond motifs is 1. The summed E-state index contributed by atoms with van der Waals surface area (Å²) < 4.78 is 1.91. The second kappa shape index (κ2) is 7.08. The van der Waals surface area contributed by atoms with Crippen molar-refractivity contribution < 1.29 is 4.79 Å². The average molecular weight is 355 g/mol. The molecule has 134 valence electrons. The molecule has 4 aromatic rings. The Bertz CT molecular complexity index is 1090. The number of hydrogen-bond donors (Lipinski definition) is 1. The Kier molecular flexibility index (Phi) is 4.47. The number of aryl methyl sites for hydroxylation is 2. The molecular weight excluding hydrogens is 334 g/mol. The van der Waals surface area contributed by atoms with Gasteiger partial charge in [0.15, 0.2) is 0 Å². The van der Waals surface area contributed by atoms with E-state index in [4.69, 9.17) is 4.98 Å². The first-order valence-electron chi connectivity index (χ1n) is 9.10. The van der Waals surface area contributed by atoms with Crippen LogP contribution in [0.5, 0.6) is 0 Å². The molecule has 0 saturated carbocycles. The largest absolute Gasteiger partial charge is 0.306 e. The molecule has 0 saturated heterocycles. The van der Waals surface area contributed by atoms with Crippen molar-refractivity contribution in [3.8, 4) is 11.3 Å². The Morgan fingerprint density at radius 3 is 2.44 bits per heavy atom. The molecule has 1 amide bonds. The zero-order chi connectivity index (χ0) is 18.8. The fraction of sp³-hybridized carbons (Fsp3) is 0.130. The number of carbonyl (C=O) groups is 1. The molecule has 0 bridgehead atoms. The highest BCUT2D eigenvalue weighted by molar-refractivity contribution is 6.05. The number of hydrogen-bond acceptors (Lipinski definition) is 2. The minimum atomic E-state index is -0.142. The third kappa shape index (κ3) is 3.34. The molecular formula is C23H21N3O. The smallest absolute Gasteiger partial charge is 0.256 e. The quantitative estimate of drug-likeness (QED) is 0.552. The van der Waals surface area contributed by atoms with E-state index in [-0.39, 0.29) is 5.91 Å². The lowest BCUT2D eigenvalue weighted by molar-refractivity contribution is 0.102. The van der Waals surface area contributed by atoms with Crippen molar-refractivity contribution in [3.05, 3.63) is 89.6 Å². The van der Waals surface area contributed by atoms with Crippen LogP contribution in [0.2, 0.25) is 0 Å². The molecule has 4 rings (SSSR count). The fourth-order valence-corrected chi connectivity index (χ4v) is 3.10. The van der Waals surface area contributed by atoms with Gasteiger partial charge in [-0.05, 0) is 43.2 Å². The summed E-state index contributed by atoms with van der Waals surface area (Å²) in [4.78, 5) is 17.6. The van der Waals surface area contributed by atoms with Gasteiger partial charge in [0.25, 0.3) is 5.91 Å². The minimum Gasteiger partial charge on any atom is -0.306 e. The number of anilines is 1. The molecule has 0 aliphatic rings. The normalized spacial score (nSPS) is 10.9. The number of carbonyl (C=O) groups excluding carboxylic acids is 1. The maximum atomic E-state index is 12.8. The maximum absolute atomic E-state index is 12.8. The van der Waals surface area contributed by atoms with Crippen LogP contribution in [0, 0.1) is 6.92 Å². The monoisotopic (exact) mass is 355 g/mol. The van der Waals surface area contributed by atoms with Gasteiger partial charge in [-0.15, -0.1) is 0 Å². The highest BCUT2D eigenvalue weighted by atomic mass is 16.1. The van der Waals surface area contributed by atoms with E-state index in [0.29, 0.717) is 11.4 Å². The first kappa shape index (κ1) is 17.0. The summed E-state index contributed by atoms with van der Waals surface area (Å²) in [6, 6.07) is 21.7. The number of amides is 1. The molecule has 0 unspecified atom stereocenters. The van der Waals surface area contributed by atoms with Gasteiger partial charge in [0.1, 0.15) is 17.2 Å². The first-order chi connectivity index (χ1) is 13.2. The lowest BCUT2D eigenvalue weighted by Gasteiger charge is -2.09. The van der Waals surface area contributed by atoms with Crippen LogP contribution in [-0.2, 0) is 6.42 Å². The van der Waals surface area contributed by atoms with Crippen molar-refractivity contribution in [2.24, 2.45) is 0 Å². The maximum Gasteiger partial charge on any atom is 0.256 e. The number of nitrogens with zero attached hydrogens (tertiary/aromatic N) is 2. The predicted molar refractivity (Wildman–Crippen MR) is 109 cm³/mol. The molecule has 4 heteroatoms. The van der Waals surface area contributed by atoms with Crippen molar-refractivity contribution in [2.45, 2.75) is 20.3 Å². The van der Waals surface area contributed by atoms with Gasteiger partial charge in [-0.3, -0.25) is 9.20 Å². The van der Waals surface area contributed by atoms with Crippen molar-refractivity contribution in [1.29, 1.82) is 0 Å². The summed E-state index contributed by atoms with van der Waals surface area (Å²) in [5.41, 5.74) is 5.56. The van der Waals surface area contributed by atoms with Crippen LogP contribution >= 0.6 is 0 Å². The summed E-state index contributed by atoms with van der Waals surface area (Å²) in [6.45, 7) is 4.15. The molecule has 2 aromatic carbocycles. The van der Waals surface area contributed by atoms with E-state index < -0.39 is 0 Å². The number of nitrogens with one attached hydrogen (secondary N) is 1. The lowest BCUT2D eigenvalue weighted by atomic mass is 10.1. The highest BCUT2D eigenvalue weighted by Crippen LogP contribution is 2.29. The van der Waals surface area contributed by atoms with Gasteiger partial charge in [0, 0.05) is 17.3 Å². The number of pyridine rings is 1. The Morgan fingerprint density at radius 2 is 1.74 bits per heavy atom. The van der Waals surface area contributed by atoms with Crippen LogP contribution in [0.25, 0.3) is 16.9 Å². The third-order valence-electron chi connectivity index (χ3n) is 4.71. The van der Waals surface area contributed by atoms with E-state index in [2.05, 4.69) is 31.3 Å². The number of rotatable bonds is 4. The third-order valence-corrected chi connectivity index (χ3v) is 4.71. The zero-order valence-corrected chi connectivity index (χ0v) is 15.4. The molecule has 2 aromatic heterocycles. The van der Waals surface area contributed by atoms with Crippen molar-refractivity contribution >= 4 is 17.4 Å². The molecule has 0 fully saturated rings. The Hall–Kier alpha value is -3.40. The minimum absolute atomic E-state index is 0.142. The molecule has 0 aliphatic heterocycles. The molecule has 2 heterocycles. The van der Waals surface area contributed by atoms with Crippen LogP contribution in [0.3, 0.4) is 0 Å². The van der Waals surface area contributed by atoms with E-state index in [1.54, 1.807) is 0 Å². The molecule has 0 spiro atoms. The molecule has 1 N–H and O–H groups in total. The molecule has 4 nitrogen and oxygen atoms in total. The van der Waals surface area contributed by atoms with E-state index in [1.807, 2.05) is 65.2 Å². The summed E-state index contributed by atoms with van der Waals surface area (Å²) in [6.07, 6.45) is 2.86. The standard InChI is InChI=1S/C23H21N3O/c1-3-17-9-13-19(14-10-17)23(27)25-22-21(18-11-7-16(2)8-12-18)24-20-6-4-5-15-26(20)22/h4-15H,3H2,1-2H3,(H,25,27). The lowest BCUT2D eigenvalue weighted by Crippen LogP contribution is -2.14. The predicted octanol–water partition coefficient (Wildman–Crippen LogP) is 5.12. The SMILES string of the molecule is CCc1ccc(C(=O)Nc2c(-c3ccc(C)cc3)nc3ccccn23)cc1. The molecule has 0 radical (unpaired) electrons. The van der Waals surface area contributed by atoms with E-state index in [9.17, 15) is 4.79 Å². The van der Waals surface area contributed by atoms with Gasteiger partial charge in [0.05, 0.1) is 0 Å². The summed E-state index contributed by atoms with van der Waals surface area (Å²) >= 11 is 0. The Morgan fingerprint density at radius 1 is 1.00 bits per heavy atom. The van der Waals surface area contributed by atoms with Crippen molar-refractivity contribution in [3.63, 3.8) is 0 Å². The number of benzene rings is 2. The Balaban J connectivity index is 1.76. The molecule has 27 heavy (non-hydrogen) atoms. The second-order valence-electron chi connectivity index (χ2n) is 6.61. The average Bonchev–Trinajstić information content (AvgIpc) is 3.07. The van der Waals surface area contributed by atoms with Gasteiger partial charge in [-0.2, -0.15) is 0 Å². The van der Waals surface area contributed by atoms with Crippen LogP contribution < -0.4 is 5.32 Å².